The van der Waals surface area contributed by atoms with Crippen LogP contribution in [0.4, 0.5) is 5.95 Å². The molecule has 4 N–H and O–H groups in total. The molecule has 3 rings (SSSR count). The van der Waals surface area contributed by atoms with Crippen LogP contribution in [0.3, 0.4) is 0 Å². The van der Waals surface area contributed by atoms with Crippen LogP contribution in [-0.4, -0.2) is 21.6 Å². The van der Waals surface area contributed by atoms with Crippen LogP contribution in [0.5, 0.6) is 5.88 Å². The van der Waals surface area contributed by atoms with Crippen LogP contribution in [0.15, 0.2) is 6.33 Å². The number of fused-ring (bicyclic) bond motifs is 1. The molecule has 0 amide bonds. The minimum atomic E-state index is 0.326. The first-order valence-corrected chi connectivity index (χ1v) is 6.97. The Morgan fingerprint density at radius 1 is 1.37 bits per heavy atom. The molecule has 0 atom stereocenters. The second-order valence-corrected chi connectivity index (χ2v) is 5.19. The number of ether oxygens (including phenoxy) is 1. The molecule has 0 radical (unpaired) electrons. The van der Waals surface area contributed by atoms with Gasteiger partial charge in [0.15, 0.2) is 5.52 Å². The summed E-state index contributed by atoms with van der Waals surface area (Å²) in [5, 5.41) is 0. The summed E-state index contributed by atoms with van der Waals surface area (Å²) < 4.78 is 5.81. The number of nitrogen functional groups attached to an aromatic ring is 1. The SMILES string of the molecule is Nc1nc2nc[nH]c2c(OCCC2CCCCC2)[nH+]1. The first-order chi connectivity index (χ1) is 9.33. The predicted octanol–water partition coefficient (Wildman–Crippen LogP) is 1.70. The molecule has 0 aliphatic heterocycles. The predicted molar refractivity (Wildman–Crippen MR) is 71.5 cm³/mol. The maximum absolute atomic E-state index is 5.81. The van der Waals surface area contributed by atoms with E-state index in [2.05, 4.69) is 19.9 Å². The molecule has 19 heavy (non-hydrogen) atoms. The maximum Gasteiger partial charge on any atom is 0.392 e. The lowest BCUT2D eigenvalue weighted by Gasteiger charge is -2.21. The number of rotatable bonds is 4. The topological polar surface area (TPSA) is 91.0 Å². The maximum atomic E-state index is 5.81. The molecule has 6 heteroatoms. The highest BCUT2D eigenvalue weighted by atomic mass is 16.5. The molecule has 0 aromatic carbocycles. The molecule has 0 unspecified atom stereocenters. The highest BCUT2D eigenvalue weighted by Crippen LogP contribution is 2.26. The molecule has 6 nitrogen and oxygen atoms in total. The summed E-state index contributed by atoms with van der Waals surface area (Å²) in [4.78, 5) is 14.2. The molecule has 1 fully saturated rings. The van der Waals surface area contributed by atoms with Crippen molar-refractivity contribution in [3.63, 3.8) is 0 Å². The van der Waals surface area contributed by atoms with Gasteiger partial charge in [0.25, 0.3) is 11.5 Å². The van der Waals surface area contributed by atoms with Crippen LogP contribution < -0.4 is 15.5 Å². The van der Waals surface area contributed by atoms with Gasteiger partial charge in [-0.3, -0.25) is 5.73 Å². The molecule has 102 valence electrons. The van der Waals surface area contributed by atoms with E-state index in [0.29, 0.717) is 24.1 Å². The van der Waals surface area contributed by atoms with Crippen molar-refractivity contribution in [2.24, 2.45) is 5.92 Å². The number of hydrogen-bond acceptors (Lipinski definition) is 4. The second kappa shape index (κ2) is 5.42. The summed E-state index contributed by atoms with van der Waals surface area (Å²) in [6.07, 6.45) is 9.50. The third-order valence-electron chi connectivity index (χ3n) is 3.81. The third kappa shape index (κ3) is 2.77. The number of imidazole rings is 1. The Hall–Kier alpha value is -1.85. The second-order valence-electron chi connectivity index (χ2n) is 5.19. The number of nitrogens with one attached hydrogen (secondary N) is 2. The van der Waals surface area contributed by atoms with E-state index in [1.165, 1.54) is 32.1 Å². The quantitative estimate of drug-likeness (QED) is 0.877. The zero-order valence-corrected chi connectivity index (χ0v) is 11.0. The van der Waals surface area contributed by atoms with E-state index in [-0.39, 0.29) is 0 Å². The van der Waals surface area contributed by atoms with Crippen molar-refractivity contribution in [3.05, 3.63) is 6.33 Å². The van der Waals surface area contributed by atoms with Crippen LogP contribution in [0.1, 0.15) is 38.5 Å². The summed E-state index contributed by atoms with van der Waals surface area (Å²) in [7, 11) is 0. The zero-order valence-electron chi connectivity index (χ0n) is 11.0. The van der Waals surface area contributed by atoms with E-state index in [0.717, 1.165) is 17.9 Å². The lowest BCUT2D eigenvalue weighted by Crippen LogP contribution is -2.19. The number of H-pyrrole nitrogens is 2. The van der Waals surface area contributed by atoms with Crippen LogP contribution in [0.25, 0.3) is 11.2 Å². The van der Waals surface area contributed by atoms with Crippen molar-refractivity contribution in [2.75, 3.05) is 12.3 Å². The van der Waals surface area contributed by atoms with E-state index in [4.69, 9.17) is 10.5 Å². The van der Waals surface area contributed by atoms with E-state index in [1.807, 2.05) is 0 Å². The Morgan fingerprint density at radius 3 is 3.05 bits per heavy atom. The number of aromatic nitrogens is 4. The highest BCUT2D eigenvalue weighted by molar-refractivity contribution is 5.74. The Kier molecular flexibility index (Phi) is 3.48. The van der Waals surface area contributed by atoms with Crippen molar-refractivity contribution >= 4 is 17.1 Å². The summed E-state index contributed by atoms with van der Waals surface area (Å²) in [5.41, 5.74) is 7.06. The van der Waals surface area contributed by atoms with Gasteiger partial charge in [-0.25, -0.2) is 9.97 Å². The van der Waals surface area contributed by atoms with Gasteiger partial charge in [0.2, 0.25) is 0 Å². The molecule has 0 bridgehead atoms. The van der Waals surface area contributed by atoms with E-state index < -0.39 is 0 Å². The number of hydrogen-bond donors (Lipinski definition) is 2. The first-order valence-electron chi connectivity index (χ1n) is 6.97. The molecule has 2 aromatic rings. The van der Waals surface area contributed by atoms with Crippen molar-refractivity contribution in [1.29, 1.82) is 0 Å². The number of nitrogens with two attached hydrogens (primary N) is 1. The van der Waals surface area contributed by atoms with Gasteiger partial charge in [0.05, 0.1) is 12.9 Å². The molecular formula is C13H20N5O+. The number of anilines is 1. The van der Waals surface area contributed by atoms with Gasteiger partial charge < -0.3 is 9.72 Å². The van der Waals surface area contributed by atoms with Gasteiger partial charge >= 0.3 is 5.95 Å². The van der Waals surface area contributed by atoms with Crippen LogP contribution >= 0.6 is 0 Å². The van der Waals surface area contributed by atoms with Crippen molar-refractivity contribution in [3.8, 4) is 5.88 Å². The van der Waals surface area contributed by atoms with Crippen LogP contribution in [0.2, 0.25) is 0 Å². The highest BCUT2D eigenvalue weighted by Gasteiger charge is 2.16. The van der Waals surface area contributed by atoms with Crippen molar-refractivity contribution in [2.45, 2.75) is 38.5 Å². The Morgan fingerprint density at radius 2 is 2.21 bits per heavy atom. The number of aromatic amines is 2. The molecule has 0 saturated heterocycles. The minimum absolute atomic E-state index is 0.326. The number of nitrogens with zero attached hydrogens (tertiary/aromatic N) is 2. The van der Waals surface area contributed by atoms with Gasteiger partial charge in [-0.2, -0.15) is 0 Å². The van der Waals surface area contributed by atoms with E-state index in [9.17, 15) is 0 Å². The molecule has 0 spiro atoms. The average Bonchev–Trinajstić information content (AvgIpc) is 2.88. The first kappa shape index (κ1) is 12.2. The minimum Gasteiger partial charge on any atom is -0.466 e. The summed E-state index contributed by atoms with van der Waals surface area (Å²) >= 11 is 0. The Labute approximate surface area is 111 Å². The third-order valence-corrected chi connectivity index (χ3v) is 3.81. The van der Waals surface area contributed by atoms with E-state index >= 15 is 0 Å². The molecule has 2 aromatic heterocycles. The normalized spacial score (nSPS) is 16.8. The fourth-order valence-corrected chi connectivity index (χ4v) is 2.77. The van der Waals surface area contributed by atoms with Crippen molar-refractivity contribution < 1.29 is 9.72 Å². The summed E-state index contributed by atoms with van der Waals surface area (Å²) in [5.74, 6) is 1.77. The summed E-state index contributed by atoms with van der Waals surface area (Å²) in [6.45, 7) is 0.707. The van der Waals surface area contributed by atoms with Crippen LogP contribution in [0, 0.1) is 5.92 Å². The molecular weight excluding hydrogens is 242 g/mol. The Bertz CT molecular complexity index is 547. The van der Waals surface area contributed by atoms with E-state index in [1.54, 1.807) is 6.33 Å². The fourth-order valence-electron chi connectivity index (χ4n) is 2.77. The van der Waals surface area contributed by atoms with Gasteiger partial charge in [-0.15, -0.1) is 0 Å². The van der Waals surface area contributed by atoms with Gasteiger partial charge in [0.1, 0.15) is 0 Å². The standard InChI is InChI=1S/C13H19N5O/c14-13-17-11-10(15-8-16-11)12(18-13)19-7-6-9-4-2-1-3-5-9/h8-9H,1-7H2,(H3,14,15,16,17,18)/p+1. The van der Waals surface area contributed by atoms with Gasteiger partial charge in [-0.05, 0) is 17.3 Å². The molecule has 2 heterocycles. The van der Waals surface area contributed by atoms with Gasteiger partial charge in [0, 0.05) is 0 Å². The largest absolute Gasteiger partial charge is 0.466 e. The zero-order chi connectivity index (χ0) is 13.1. The molecule has 1 aliphatic rings. The summed E-state index contributed by atoms with van der Waals surface area (Å²) in [6, 6.07) is 0. The fraction of sp³-hybridized carbons (Fsp3) is 0.615. The average molecular weight is 262 g/mol. The van der Waals surface area contributed by atoms with Crippen molar-refractivity contribution in [1.82, 2.24) is 15.0 Å². The smallest absolute Gasteiger partial charge is 0.392 e. The molecule has 1 saturated carbocycles. The van der Waals surface area contributed by atoms with Gasteiger partial charge in [-0.1, -0.05) is 32.1 Å². The monoisotopic (exact) mass is 262 g/mol. The molecule has 1 aliphatic carbocycles. The lowest BCUT2D eigenvalue weighted by atomic mass is 9.87. The Balaban J connectivity index is 1.63. The lowest BCUT2D eigenvalue weighted by molar-refractivity contribution is -0.379. The van der Waals surface area contributed by atoms with Crippen LogP contribution in [-0.2, 0) is 0 Å².